The van der Waals surface area contributed by atoms with Crippen molar-refractivity contribution in [2.45, 2.75) is 65.5 Å². The van der Waals surface area contributed by atoms with Crippen molar-refractivity contribution in [2.75, 3.05) is 0 Å². The first kappa shape index (κ1) is 21.4. The first-order valence-electron chi connectivity index (χ1n) is 9.92. The van der Waals surface area contributed by atoms with Crippen LogP contribution in [0.5, 0.6) is 5.75 Å². The number of nitrogens with zero attached hydrogens (tertiary/aromatic N) is 4. The average Bonchev–Trinajstić information content (AvgIpc) is 3.07. The lowest BCUT2D eigenvalue weighted by Crippen LogP contribution is -2.09. The maximum atomic E-state index is 12.5. The van der Waals surface area contributed by atoms with Gasteiger partial charge in [-0.15, -0.1) is 0 Å². The minimum Gasteiger partial charge on any atom is -0.435 e. The molecule has 0 radical (unpaired) electrons. The monoisotopic (exact) mass is 422 g/mol. The predicted octanol–water partition coefficient (Wildman–Crippen LogP) is 6.45. The number of hydrogen-bond acceptors (Lipinski definition) is 4. The van der Waals surface area contributed by atoms with Gasteiger partial charge in [-0.2, -0.15) is 8.78 Å². The molecule has 1 aromatic carbocycles. The zero-order chi connectivity index (χ0) is 21.0. The van der Waals surface area contributed by atoms with Crippen molar-refractivity contribution in [3.8, 4) is 17.0 Å². The number of halogens is 3. The molecule has 0 saturated heterocycles. The largest absolute Gasteiger partial charge is 0.435 e. The minimum atomic E-state index is -2.90. The van der Waals surface area contributed by atoms with Crippen LogP contribution in [0.4, 0.5) is 8.78 Å². The second-order valence-corrected chi connectivity index (χ2v) is 7.42. The molecule has 2 aromatic heterocycles. The Bertz CT molecular complexity index is 977. The van der Waals surface area contributed by atoms with E-state index >= 15 is 0 Å². The molecule has 0 aliphatic heterocycles. The summed E-state index contributed by atoms with van der Waals surface area (Å²) in [5.74, 6) is 0.947. The molecule has 0 aliphatic rings. The summed E-state index contributed by atoms with van der Waals surface area (Å²) in [6, 6.07) is 4.70. The third kappa shape index (κ3) is 4.66. The van der Waals surface area contributed by atoms with Gasteiger partial charge in [-0.25, -0.2) is 15.0 Å². The van der Waals surface area contributed by atoms with Crippen LogP contribution in [0.25, 0.3) is 22.4 Å². The van der Waals surface area contributed by atoms with E-state index in [4.69, 9.17) is 16.6 Å². The van der Waals surface area contributed by atoms with Crippen LogP contribution in [-0.2, 0) is 6.42 Å². The van der Waals surface area contributed by atoms with Crippen molar-refractivity contribution in [1.82, 2.24) is 19.5 Å². The highest BCUT2D eigenvalue weighted by molar-refractivity contribution is 6.33. The molecule has 156 valence electrons. The van der Waals surface area contributed by atoms with Gasteiger partial charge in [-0.3, -0.25) is 0 Å². The van der Waals surface area contributed by atoms with Gasteiger partial charge in [-0.05, 0) is 31.5 Å². The van der Waals surface area contributed by atoms with E-state index < -0.39 is 6.61 Å². The SMILES string of the molecule is CCCCCC(C)n1c(CC)nc2c(-c3ccc(OC(F)F)cc3Cl)ncnc21. The summed E-state index contributed by atoms with van der Waals surface area (Å²) >= 11 is 6.36. The zero-order valence-electron chi connectivity index (χ0n) is 16.8. The molecule has 0 spiro atoms. The Morgan fingerprint density at radius 2 is 1.97 bits per heavy atom. The number of hydrogen-bond donors (Lipinski definition) is 0. The lowest BCUT2D eigenvalue weighted by atomic mass is 10.1. The number of imidazole rings is 1. The fourth-order valence-electron chi connectivity index (χ4n) is 3.55. The lowest BCUT2D eigenvalue weighted by molar-refractivity contribution is -0.0498. The molecular weight excluding hydrogens is 398 g/mol. The second-order valence-electron chi connectivity index (χ2n) is 7.01. The Hall–Kier alpha value is -2.28. The van der Waals surface area contributed by atoms with Gasteiger partial charge in [0.1, 0.15) is 29.1 Å². The first-order valence-corrected chi connectivity index (χ1v) is 10.3. The van der Waals surface area contributed by atoms with Gasteiger partial charge in [0.2, 0.25) is 0 Å². The number of ether oxygens (including phenoxy) is 1. The van der Waals surface area contributed by atoms with E-state index in [1.807, 2.05) is 0 Å². The van der Waals surface area contributed by atoms with Crippen LogP contribution < -0.4 is 4.74 Å². The highest BCUT2D eigenvalue weighted by Crippen LogP contribution is 2.35. The van der Waals surface area contributed by atoms with E-state index in [1.165, 1.54) is 31.3 Å². The van der Waals surface area contributed by atoms with Crippen LogP contribution in [0.3, 0.4) is 0 Å². The molecule has 8 heteroatoms. The van der Waals surface area contributed by atoms with Crippen molar-refractivity contribution < 1.29 is 13.5 Å². The van der Waals surface area contributed by atoms with Gasteiger partial charge < -0.3 is 9.30 Å². The molecule has 5 nitrogen and oxygen atoms in total. The Morgan fingerprint density at radius 3 is 2.62 bits per heavy atom. The quantitative estimate of drug-likeness (QED) is 0.372. The van der Waals surface area contributed by atoms with Crippen LogP contribution in [0.2, 0.25) is 5.02 Å². The molecular formula is C21H25ClF2N4O. The van der Waals surface area contributed by atoms with Gasteiger partial charge in [0.05, 0.1) is 5.02 Å². The Morgan fingerprint density at radius 1 is 1.17 bits per heavy atom. The Kier molecular flexibility index (Phi) is 7.00. The summed E-state index contributed by atoms with van der Waals surface area (Å²) in [7, 11) is 0. The van der Waals surface area contributed by atoms with E-state index in [0.717, 1.165) is 30.7 Å². The van der Waals surface area contributed by atoms with Crippen LogP contribution in [-0.4, -0.2) is 26.1 Å². The van der Waals surface area contributed by atoms with Gasteiger partial charge in [0.25, 0.3) is 0 Å². The molecule has 1 atom stereocenters. The molecule has 2 heterocycles. The van der Waals surface area contributed by atoms with E-state index in [2.05, 4.69) is 40.0 Å². The summed E-state index contributed by atoms with van der Waals surface area (Å²) in [6.07, 6.45) is 6.83. The fourth-order valence-corrected chi connectivity index (χ4v) is 3.81. The third-order valence-corrected chi connectivity index (χ3v) is 5.27. The summed E-state index contributed by atoms with van der Waals surface area (Å²) < 4.78 is 31.5. The summed E-state index contributed by atoms with van der Waals surface area (Å²) in [5.41, 5.74) is 2.61. The topological polar surface area (TPSA) is 52.8 Å². The van der Waals surface area contributed by atoms with Crippen molar-refractivity contribution in [2.24, 2.45) is 0 Å². The zero-order valence-corrected chi connectivity index (χ0v) is 17.6. The molecule has 0 amide bonds. The van der Waals surface area contributed by atoms with Gasteiger partial charge in [-0.1, -0.05) is 44.7 Å². The Labute approximate surface area is 174 Å². The van der Waals surface area contributed by atoms with Gasteiger partial charge in [0.15, 0.2) is 5.65 Å². The van der Waals surface area contributed by atoms with Crippen LogP contribution in [0, 0.1) is 0 Å². The highest BCUT2D eigenvalue weighted by Gasteiger charge is 2.21. The number of unbranched alkanes of at least 4 members (excludes halogenated alkanes) is 2. The molecule has 0 fully saturated rings. The lowest BCUT2D eigenvalue weighted by Gasteiger charge is -2.16. The highest BCUT2D eigenvalue weighted by atomic mass is 35.5. The molecule has 3 aromatic rings. The maximum absolute atomic E-state index is 12.5. The standard InChI is InChI=1S/C21H25ClF2N4O/c1-4-6-7-8-13(3)28-17(5-2)27-19-18(25-12-26-20(19)28)15-10-9-14(11-16(15)22)29-21(23)24/h9-13,21H,4-8H2,1-3H3. The number of alkyl halides is 2. The average molecular weight is 423 g/mol. The van der Waals surface area contributed by atoms with E-state index in [1.54, 1.807) is 6.07 Å². The van der Waals surface area contributed by atoms with Crippen molar-refractivity contribution in [3.63, 3.8) is 0 Å². The summed E-state index contributed by atoms with van der Waals surface area (Å²) in [4.78, 5) is 13.7. The predicted molar refractivity (Wildman–Crippen MR) is 111 cm³/mol. The minimum absolute atomic E-state index is 0.00312. The smallest absolute Gasteiger partial charge is 0.387 e. The van der Waals surface area contributed by atoms with Gasteiger partial charge >= 0.3 is 6.61 Å². The van der Waals surface area contributed by atoms with Crippen molar-refractivity contribution in [3.05, 3.63) is 35.4 Å². The maximum Gasteiger partial charge on any atom is 0.387 e. The molecule has 1 unspecified atom stereocenters. The number of rotatable bonds is 9. The number of aryl methyl sites for hydroxylation is 1. The Balaban J connectivity index is 2.05. The second kappa shape index (κ2) is 9.48. The van der Waals surface area contributed by atoms with Crippen LogP contribution in [0.1, 0.15) is 58.3 Å². The molecule has 0 aliphatic carbocycles. The number of benzene rings is 1. The molecule has 0 N–H and O–H groups in total. The molecule has 0 bridgehead atoms. The summed E-state index contributed by atoms with van der Waals surface area (Å²) in [5, 5.41) is 0.270. The number of fused-ring (bicyclic) bond motifs is 1. The third-order valence-electron chi connectivity index (χ3n) is 4.95. The molecule has 3 rings (SSSR count). The van der Waals surface area contributed by atoms with Crippen molar-refractivity contribution in [1.29, 1.82) is 0 Å². The van der Waals surface area contributed by atoms with Crippen LogP contribution in [0.15, 0.2) is 24.5 Å². The van der Waals surface area contributed by atoms with Gasteiger partial charge in [0, 0.05) is 18.0 Å². The molecule has 0 saturated carbocycles. The van der Waals surface area contributed by atoms with E-state index in [9.17, 15) is 8.78 Å². The summed E-state index contributed by atoms with van der Waals surface area (Å²) in [6.45, 7) is 3.53. The number of aromatic nitrogens is 4. The normalized spacial score (nSPS) is 12.7. The van der Waals surface area contributed by atoms with Crippen molar-refractivity contribution >= 4 is 22.8 Å². The fraction of sp³-hybridized carbons (Fsp3) is 0.476. The molecule has 29 heavy (non-hydrogen) atoms. The van der Waals surface area contributed by atoms with Crippen LogP contribution >= 0.6 is 11.6 Å². The van der Waals surface area contributed by atoms with E-state index in [0.29, 0.717) is 16.8 Å². The van der Waals surface area contributed by atoms with E-state index in [-0.39, 0.29) is 16.8 Å². The first-order chi connectivity index (χ1) is 14.0.